The molecule has 0 atom stereocenters. The molecular formula is C14H16BrN3O4S. The van der Waals surface area contributed by atoms with E-state index in [4.69, 9.17) is 0 Å². The lowest BCUT2D eigenvalue weighted by molar-refractivity contribution is 0.0596. The number of benzene rings is 1. The lowest BCUT2D eigenvalue weighted by atomic mass is 10.2. The van der Waals surface area contributed by atoms with Crippen LogP contribution < -0.4 is 4.72 Å². The van der Waals surface area contributed by atoms with Gasteiger partial charge in [-0.25, -0.2) is 13.2 Å². The van der Waals surface area contributed by atoms with Crippen LogP contribution in [0, 0.1) is 13.8 Å². The first kappa shape index (κ1) is 17.5. The molecule has 0 aliphatic rings. The van der Waals surface area contributed by atoms with Crippen LogP contribution in [0.5, 0.6) is 0 Å². The molecule has 0 amide bonds. The number of halogens is 1. The summed E-state index contributed by atoms with van der Waals surface area (Å²) < 4.78 is 34.7. The van der Waals surface area contributed by atoms with E-state index in [9.17, 15) is 13.2 Å². The molecule has 1 heterocycles. The molecule has 0 unspecified atom stereocenters. The van der Waals surface area contributed by atoms with Crippen LogP contribution in [0.1, 0.15) is 21.7 Å². The van der Waals surface area contributed by atoms with E-state index >= 15 is 0 Å². The summed E-state index contributed by atoms with van der Waals surface area (Å²) in [6.45, 7) is 3.45. The number of hydrogen-bond donors (Lipinski definition) is 1. The van der Waals surface area contributed by atoms with Gasteiger partial charge in [-0.05, 0) is 32.0 Å². The quantitative estimate of drug-likeness (QED) is 0.794. The highest BCUT2D eigenvalue weighted by Crippen LogP contribution is 2.26. The summed E-state index contributed by atoms with van der Waals surface area (Å²) in [5, 5.41) is 4.17. The highest BCUT2D eigenvalue weighted by atomic mass is 79.9. The number of nitrogens with one attached hydrogen (secondary N) is 1. The third kappa shape index (κ3) is 3.40. The average Bonchev–Trinajstić information content (AvgIpc) is 2.72. The first-order valence-electron chi connectivity index (χ1n) is 6.58. The predicted molar refractivity (Wildman–Crippen MR) is 89.0 cm³/mol. The van der Waals surface area contributed by atoms with Crippen molar-refractivity contribution in [3.05, 3.63) is 39.6 Å². The van der Waals surface area contributed by atoms with Gasteiger partial charge in [-0.2, -0.15) is 5.10 Å². The number of hydrogen-bond acceptors (Lipinski definition) is 5. The van der Waals surface area contributed by atoms with Crippen molar-refractivity contribution in [1.82, 2.24) is 9.78 Å². The number of rotatable bonds is 4. The zero-order valence-corrected chi connectivity index (χ0v) is 15.4. The van der Waals surface area contributed by atoms with Gasteiger partial charge in [0.05, 0.1) is 29.7 Å². The van der Waals surface area contributed by atoms with Gasteiger partial charge in [0, 0.05) is 11.5 Å². The Balaban J connectivity index is 2.54. The van der Waals surface area contributed by atoms with E-state index < -0.39 is 16.0 Å². The molecule has 7 nitrogen and oxygen atoms in total. The largest absolute Gasteiger partial charge is 0.465 e. The molecule has 0 fully saturated rings. The number of nitrogens with zero attached hydrogens (tertiary/aromatic N) is 2. The van der Waals surface area contributed by atoms with Gasteiger partial charge in [0.25, 0.3) is 10.0 Å². The first-order valence-corrected chi connectivity index (χ1v) is 8.86. The molecule has 9 heteroatoms. The number of carbonyl (C=O) groups is 1. The van der Waals surface area contributed by atoms with Gasteiger partial charge in [0.15, 0.2) is 0 Å². The number of carbonyl (C=O) groups excluding carboxylic acids is 1. The number of methoxy groups -OCH3 is 1. The van der Waals surface area contributed by atoms with Gasteiger partial charge in [-0.3, -0.25) is 9.40 Å². The minimum Gasteiger partial charge on any atom is -0.465 e. The van der Waals surface area contributed by atoms with Crippen molar-refractivity contribution >= 4 is 37.6 Å². The summed E-state index contributed by atoms with van der Waals surface area (Å²) >= 11 is 3.22. The minimum absolute atomic E-state index is 0.0476. The van der Waals surface area contributed by atoms with E-state index in [0.29, 0.717) is 21.5 Å². The molecule has 0 spiro atoms. The summed E-state index contributed by atoms with van der Waals surface area (Å²) in [5.74, 6) is -0.730. The van der Waals surface area contributed by atoms with Crippen LogP contribution >= 0.6 is 15.9 Å². The van der Waals surface area contributed by atoms with E-state index in [-0.39, 0.29) is 10.5 Å². The second-order valence-corrected chi connectivity index (χ2v) is 7.47. The molecule has 1 aromatic carbocycles. The molecule has 0 saturated heterocycles. The van der Waals surface area contributed by atoms with Crippen molar-refractivity contribution in [2.24, 2.45) is 7.05 Å². The molecular weight excluding hydrogens is 386 g/mol. The lowest BCUT2D eigenvalue weighted by Gasteiger charge is -2.12. The maximum Gasteiger partial charge on any atom is 0.339 e. The first-order chi connectivity index (χ1) is 10.7. The van der Waals surface area contributed by atoms with Gasteiger partial charge in [-0.1, -0.05) is 15.9 Å². The van der Waals surface area contributed by atoms with Crippen LogP contribution in [-0.4, -0.2) is 31.3 Å². The Morgan fingerprint density at radius 2 is 2.00 bits per heavy atom. The fraction of sp³-hybridized carbons (Fsp3) is 0.286. The number of anilines is 1. The second-order valence-electron chi connectivity index (χ2n) is 4.91. The van der Waals surface area contributed by atoms with E-state index in [1.807, 2.05) is 0 Å². The zero-order valence-electron chi connectivity index (χ0n) is 13.0. The van der Waals surface area contributed by atoms with Crippen molar-refractivity contribution in [3.8, 4) is 0 Å². The molecule has 2 aromatic rings. The molecule has 1 N–H and O–H groups in total. The maximum absolute atomic E-state index is 12.7. The third-order valence-corrected chi connectivity index (χ3v) is 5.28. The van der Waals surface area contributed by atoms with Crippen LogP contribution in [0.4, 0.5) is 5.69 Å². The summed E-state index contributed by atoms with van der Waals surface area (Å²) in [4.78, 5) is 11.7. The highest BCUT2D eigenvalue weighted by Gasteiger charge is 2.25. The zero-order chi connectivity index (χ0) is 17.4. The van der Waals surface area contributed by atoms with Gasteiger partial charge >= 0.3 is 5.97 Å². The van der Waals surface area contributed by atoms with Gasteiger partial charge in [0.2, 0.25) is 0 Å². The summed E-state index contributed by atoms with van der Waals surface area (Å²) in [6, 6.07) is 4.30. The summed E-state index contributed by atoms with van der Waals surface area (Å²) in [6.07, 6.45) is 0. The summed E-state index contributed by atoms with van der Waals surface area (Å²) in [7, 11) is -1.05. The molecule has 0 radical (unpaired) electrons. The fourth-order valence-electron chi connectivity index (χ4n) is 2.12. The average molecular weight is 402 g/mol. The van der Waals surface area contributed by atoms with Crippen LogP contribution in [0.3, 0.4) is 0 Å². The Kier molecular flexibility index (Phi) is 4.81. The van der Waals surface area contributed by atoms with E-state index in [0.717, 1.165) is 0 Å². The van der Waals surface area contributed by atoms with Gasteiger partial charge in [-0.15, -0.1) is 0 Å². The number of sulfonamides is 1. The Labute approximate surface area is 142 Å². The topological polar surface area (TPSA) is 90.3 Å². The number of aromatic nitrogens is 2. The molecule has 2 rings (SSSR count). The molecule has 23 heavy (non-hydrogen) atoms. The Morgan fingerprint density at radius 3 is 2.52 bits per heavy atom. The van der Waals surface area contributed by atoms with Crippen molar-refractivity contribution in [2.45, 2.75) is 18.7 Å². The standard InChI is InChI=1S/C14H16BrN3O4S/c1-8-13(9(2)18(3)16-8)17-23(20,21)12-6-5-10(15)7-11(12)14(19)22-4/h5-7,17H,1-4H3. The normalized spacial score (nSPS) is 11.3. The Hall–Kier alpha value is -1.87. The van der Waals surface area contributed by atoms with Crippen molar-refractivity contribution < 1.29 is 17.9 Å². The van der Waals surface area contributed by atoms with Gasteiger partial charge in [0.1, 0.15) is 4.90 Å². The number of ether oxygens (including phenoxy) is 1. The second kappa shape index (κ2) is 6.32. The number of esters is 1. The third-order valence-electron chi connectivity index (χ3n) is 3.38. The molecule has 1 aromatic heterocycles. The van der Waals surface area contributed by atoms with Crippen LogP contribution in [-0.2, 0) is 21.8 Å². The minimum atomic E-state index is -3.97. The van der Waals surface area contributed by atoms with E-state index in [2.05, 4.69) is 30.5 Å². The lowest BCUT2D eigenvalue weighted by Crippen LogP contribution is -2.18. The SMILES string of the molecule is COC(=O)c1cc(Br)ccc1S(=O)(=O)Nc1c(C)nn(C)c1C. The van der Waals surface area contributed by atoms with Crippen molar-refractivity contribution in [2.75, 3.05) is 11.8 Å². The van der Waals surface area contributed by atoms with Crippen LogP contribution in [0.25, 0.3) is 0 Å². The molecule has 0 bridgehead atoms. The molecule has 0 aliphatic carbocycles. The summed E-state index contributed by atoms with van der Waals surface area (Å²) in [5.41, 5.74) is 1.56. The Morgan fingerprint density at radius 1 is 1.35 bits per heavy atom. The number of aryl methyl sites for hydroxylation is 2. The van der Waals surface area contributed by atoms with Gasteiger partial charge < -0.3 is 4.74 Å². The highest BCUT2D eigenvalue weighted by molar-refractivity contribution is 9.10. The predicted octanol–water partition coefficient (Wildman–Crippen LogP) is 2.39. The van der Waals surface area contributed by atoms with Crippen LogP contribution in [0.15, 0.2) is 27.6 Å². The van der Waals surface area contributed by atoms with Crippen molar-refractivity contribution in [1.29, 1.82) is 0 Å². The Bertz CT molecular complexity index is 874. The monoisotopic (exact) mass is 401 g/mol. The molecule has 124 valence electrons. The molecule has 0 saturated carbocycles. The van der Waals surface area contributed by atoms with Crippen LogP contribution in [0.2, 0.25) is 0 Å². The smallest absolute Gasteiger partial charge is 0.339 e. The molecule has 0 aliphatic heterocycles. The van der Waals surface area contributed by atoms with E-state index in [1.165, 1.54) is 19.2 Å². The van der Waals surface area contributed by atoms with E-state index in [1.54, 1.807) is 31.6 Å². The fourth-order valence-corrected chi connectivity index (χ4v) is 3.83. The maximum atomic E-state index is 12.7. The van der Waals surface area contributed by atoms with Crippen molar-refractivity contribution in [3.63, 3.8) is 0 Å².